The summed E-state index contributed by atoms with van der Waals surface area (Å²) < 4.78 is 0. The molecule has 0 aliphatic carbocycles. The van der Waals surface area contributed by atoms with Crippen molar-refractivity contribution >= 4 is 41.7 Å². The van der Waals surface area contributed by atoms with Crippen LogP contribution in [0.4, 0.5) is 11.4 Å². The number of piperazine rings is 1. The SMILES string of the molecule is CN(C(=O)c1c(C=O)cccc1N1CCC(N2CCN(c3cccc(C=O)c3)CC2)CC1)C1CCC(=O)NC1=O. The minimum Gasteiger partial charge on any atom is -0.371 e. The zero-order valence-corrected chi connectivity index (χ0v) is 22.8. The fraction of sp³-hybridized carbons (Fsp3) is 0.433. The molecule has 10 nitrogen and oxygen atoms in total. The quantitative estimate of drug-likeness (QED) is 0.416. The van der Waals surface area contributed by atoms with Gasteiger partial charge >= 0.3 is 0 Å². The smallest absolute Gasteiger partial charge is 0.257 e. The van der Waals surface area contributed by atoms with Crippen LogP contribution in [0, 0.1) is 0 Å². The predicted octanol–water partition coefficient (Wildman–Crippen LogP) is 1.98. The number of nitrogens with one attached hydrogen (secondary N) is 1. The number of amides is 3. The molecule has 210 valence electrons. The van der Waals surface area contributed by atoms with E-state index in [4.69, 9.17) is 0 Å². The molecule has 5 rings (SSSR count). The van der Waals surface area contributed by atoms with Crippen molar-refractivity contribution in [3.8, 4) is 0 Å². The summed E-state index contributed by atoms with van der Waals surface area (Å²) in [5.41, 5.74) is 3.06. The molecule has 2 aromatic rings. The number of hydrogen-bond donors (Lipinski definition) is 1. The molecule has 0 spiro atoms. The van der Waals surface area contributed by atoms with Gasteiger partial charge in [0.05, 0.1) is 11.3 Å². The van der Waals surface area contributed by atoms with Gasteiger partial charge in [0.15, 0.2) is 6.29 Å². The summed E-state index contributed by atoms with van der Waals surface area (Å²) in [5, 5.41) is 2.30. The maximum atomic E-state index is 13.7. The molecule has 1 atom stereocenters. The molecular weight excluding hydrogens is 510 g/mol. The van der Waals surface area contributed by atoms with E-state index in [1.165, 1.54) is 4.90 Å². The molecule has 40 heavy (non-hydrogen) atoms. The number of anilines is 2. The van der Waals surface area contributed by atoms with Crippen LogP contribution in [0.15, 0.2) is 42.5 Å². The Balaban J connectivity index is 1.23. The van der Waals surface area contributed by atoms with Gasteiger partial charge < -0.3 is 14.7 Å². The normalized spacial score (nSPS) is 20.7. The molecule has 0 aromatic heterocycles. The first-order valence-corrected chi connectivity index (χ1v) is 13.9. The molecule has 3 amide bonds. The third-order valence-corrected chi connectivity index (χ3v) is 8.42. The maximum absolute atomic E-state index is 13.7. The largest absolute Gasteiger partial charge is 0.371 e. The summed E-state index contributed by atoms with van der Waals surface area (Å²) >= 11 is 0. The predicted molar refractivity (Wildman–Crippen MR) is 151 cm³/mol. The van der Waals surface area contributed by atoms with Crippen molar-refractivity contribution in [1.82, 2.24) is 15.1 Å². The second kappa shape index (κ2) is 12.0. The van der Waals surface area contributed by atoms with Gasteiger partial charge in [0.2, 0.25) is 11.8 Å². The van der Waals surface area contributed by atoms with Crippen molar-refractivity contribution in [2.75, 3.05) is 56.1 Å². The average Bonchev–Trinajstić information content (AvgIpc) is 3.00. The van der Waals surface area contributed by atoms with Crippen LogP contribution in [0.5, 0.6) is 0 Å². The third-order valence-electron chi connectivity index (χ3n) is 8.42. The first-order chi connectivity index (χ1) is 19.4. The number of likely N-dealkylation sites (N-methyl/N-ethyl adjacent to an activating group) is 1. The number of carbonyl (C=O) groups is 5. The van der Waals surface area contributed by atoms with Gasteiger partial charge in [-0.1, -0.05) is 24.3 Å². The van der Waals surface area contributed by atoms with Crippen molar-refractivity contribution in [3.63, 3.8) is 0 Å². The van der Waals surface area contributed by atoms with Crippen LogP contribution >= 0.6 is 0 Å². The van der Waals surface area contributed by atoms with E-state index in [0.29, 0.717) is 34.7 Å². The Morgan fingerprint density at radius 1 is 0.900 bits per heavy atom. The Morgan fingerprint density at radius 2 is 1.62 bits per heavy atom. The van der Waals surface area contributed by atoms with E-state index < -0.39 is 17.9 Å². The Morgan fingerprint density at radius 3 is 2.30 bits per heavy atom. The van der Waals surface area contributed by atoms with Crippen LogP contribution in [0.3, 0.4) is 0 Å². The van der Waals surface area contributed by atoms with Crippen LogP contribution in [0.2, 0.25) is 0 Å². The molecule has 3 aliphatic heterocycles. The van der Waals surface area contributed by atoms with Crippen LogP contribution in [-0.2, 0) is 9.59 Å². The highest BCUT2D eigenvalue weighted by molar-refractivity contribution is 6.09. The fourth-order valence-electron chi connectivity index (χ4n) is 6.13. The van der Waals surface area contributed by atoms with Crippen molar-refractivity contribution in [3.05, 3.63) is 59.2 Å². The molecule has 2 aromatic carbocycles. The van der Waals surface area contributed by atoms with Crippen LogP contribution < -0.4 is 15.1 Å². The lowest BCUT2D eigenvalue weighted by molar-refractivity contribution is -0.136. The molecule has 1 N–H and O–H groups in total. The van der Waals surface area contributed by atoms with Crippen LogP contribution in [0.1, 0.15) is 56.8 Å². The molecule has 3 fully saturated rings. The van der Waals surface area contributed by atoms with Gasteiger partial charge in [-0.3, -0.25) is 34.2 Å². The Labute approximate surface area is 233 Å². The van der Waals surface area contributed by atoms with E-state index in [9.17, 15) is 24.0 Å². The number of carbonyl (C=O) groups excluding carboxylic acids is 5. The van der Waals surface area contributed by atoms with E-state index in [2.05, 4.69) is 20.0 Å². The van der Waals surface area contributed by atoms with Gasteiger partial charge in [0.25, 0.3) is 5.91 Å². The highest BCUT2D eigenvalue weighted by Crippen LogP contribution is 2.30. The molecule has 0 radical (unpaired) electrons. The van der Waals surface area contributed by atoms with E-state index in [0.717, 1.165) is 64.1 Å². The second-order valence-electron chi connectivity index (χ2n) is 10.7. The monoisotopic (exact) mass is 545 g/mol. The molecule has 10 heteroatoms. The lowest BCUT2D eigenvalue weighted by Crippen LogP contribution is -2.54. The molecule has 3 heterocycles. The zero-order chi connectivity index (χ0) is 28.2. The van der Waals surface area contributed by atoms with Gasteiger partial charge in [0, 0.05) is 75.6 Å². The van der Waals surface area contributed by atoms with Crippen molar-refractivity contribution in [2.45, 2.75) is 37.8 Å². The van der Waals surface area contributed by atoms with Crippen molar-refractivity contribution in [2.24, 2.45) is 0 Å². The fourth-order valence-corrected chi connectivity index (χ4v) is 6.13. The minimum absolute atomic E-state index is 0.170. The minimum atomic E-state index is -0.761. The van der Waals surface area contributed by atoms with E-state index in [-0.39, 0.29) is 18.7 Å². The molecule has 3 saturated heterocycles. The topological polar surface area (TPSA) is 110 Å². The lowest BCUT2D eigenvalue weighted by Gasteiger charge is -2.44. The Bertz CT molecular complexity index is 1300. The van der Waals surface area contributed by atoms with Crippen LogP contribution in [-0.4, -0.2) is 98.5 Å². The number of nitrogens with zero attached hydrogens (tertiary/aromatic N) is 4. The number of hydrogen-bond acceptors (Lipinski definition) is 8. The number of benzene rings is 2. The third kappa shape index (κ3) is 5.62. The van der Waals surface area contributed by atoms with Crippen molar-refractivity contribution in [1.29, 1.82) is 0 Å². The molecule has 0 bridgehead atoms. The lowest BCUT2D eigenvalue weighted by atomic mass is 9.97. The highest BCUT2D eigenvalue weighted by atomic mass is 16.2. The van der Waals surface area contributed by atoms with Gasteiger partial charge in [-0.15, -0.1) is 0 Å². The average molecular weight is 546 g/mol. The number of rotatable bonds is 7. The summed E-state index contributed by atoms with van der Waals surface area (Å²) in [7, 11) is 1.55. The first-order valence-electron chi connectivity index (χ1n) is 13.9. The van der Waals surface area contributed by atoms with Gasteiger partial charge in [-0.2, -0.15) is 0 Å². The van der Waals surface area contributed by atoms with E-state index in [1.54, 1.807) is 19.2 Å². The highest BCUT2D eigenvalue weighted by Gasteiger charge is 2.35. The van der Waals surface area contributed by atoms with Gasteiger partial charge in [0.1, 0.15) is 12.3 Å². The Hall–Kier alpha value is -4.05. The standard InChI is InChI=1S/C30H35N5O5/c1-32(26-8-9-27(38)31-29(26)39)30(40)28-22(20-37)5-3-7-25(28)35-12-10-23(11-13-35)33-14-16-34(17-15-33)24-6-2-4-21(18-24)19-36/h2-7,18-20,23,26H,8-17H2,1H3,(H,31,38,39). The van der Waals surface area contributed by atoms with Gasteiger partial charge in [-0.25, -0.2) is 0 Å². The molecule has 1 unspecified atom stereocenters. The molecule has 0 saturated carbocycles. The van der Waals surface area contributed by atoms with Crippen molar-refractivity contribution < 1.29 is 24.0 Å². The molecule has 3 aliphatic rings. The number of imide groups is 1. The van der Waals surface area contributed by atoms with E-state index in [1.807, 2.05) is 30.3 Å². The summed E-state index contributed by atoms with van der Waals surface area (Å²) in [5.74, 6) is -1.23. The zero-order valence-electron chi connectivity index (χ0n) is 22.8. The Kier molecular flexibility index (Phi) is 8.25. The van der Waals surface area contributed by atoms with Gasteiger partial charge in [-0.05, 0) is 37.5 Å². The maximum Gasteiger partial charge on any atom is 0.257 e. The molecular formula is C30H35N5O5. The summed E-state index contributed by atoms with van der Waals surface area (Å²) in [6.45, 7) is 5.17. The summed E-state index contributed by atoms with van der Waals surface area (Å²) in [6, 6.07) is 12.7. The number of aldehydes is 2. The van der Waals surface area contributed by atoms with E-state index >= 15 is 0 Å². The van der Waals surface area contributed by atoms with Crippen LogP contribution in [0.25, 0.3) is 0 Å². The number of piperidine rings is 2. The summed E-state index contributed by atoms with van der Waals surface area (Å²) in [4.78, 5) is 69.1. The summed E-state index contributed by atoms with van der Waals surface area (Å²) in [6.07, 6.45) is 3.86. The second-order valence-corrected chi connectivity index (χ2v) is 10.7. The first kappa shape index (κ1) is 27.5.